The summed E-state index contributed by atoms with van der Waals surface area (Å²) in [6, 6.07) is 8.07. The Balaban J connectivity index is 1.68. The van der Waals surface area contributed by atoms with Gasteiger partial charge >= 0.3 is 6.09 Å². The zero-order valence-corrected chi connectivity index (χ0v) is 17.9. The van der Waals surface area contributed by atoms with E-state index in [0.29, 0.717) is 18.7 Å². The van der Waals surface area contributed by atoms with Crippen LogP contribution in [0.5, 0.6) is 5.88 Å². The van der Waals surface area contributed by atoms with Crippen molar-refractivity contribution in [1.29, 1.82) is 0 Å². The standard InChI is InChI=1S/C22H23FN4O5/c1-21(2,3)32-20(30)27-16-9-8-15(17(28)25-14-6-4-13(23)5-7-14)26-18(16)31-22(19(27)29)10-11-24-12-22/h4-9,24H,10-12H2,1-3H3,(H,25,28)/t22-/m1/s1. The van der Waals surface area contributed by atoms with Crippen molar-refractivity contribution in [2.45, 2.75) is 38.4 Å². The second kappa shape index (κ2) is 7.86. The fourth-order valence-corrected chi connectivity index (χ4v) is 3.50. The topological polar surface area (TPSA) is 110 Å². The number of carbonyl (C=O) groups excluding carboxylic acids is 3. The van der Waals surface area contributed by atoms with Crippen LogP contribution < -0.4 is 20.3 Å². The molecule has 0 saturated carbocycles. The summed E-state index contributed by atoms with van der Waals surface area (Å²) in [5.41, 5.74) is -1.64. The first kappa shape index (κ1) is 21.7. The third-order valence-corrected chi connectivity index (χ3v) is 4.99. The molecular formula is C22H23FN4O5. The summed E-state index contributed by atoms with van der Waals surface area (Å²) < 4.78 is 24.5. The highest BCUT2D eigenvalue weighted by atomic mass is 19.1. The van der Waals surface area contributed by atoms with Crippen LogP contribution >= 0.6 is 0 Å². The van der Waals surface area contributed by atoms with Gasteiger partial charge in [-0.1, -0.05) is 0 Å². The predicted octanol–water partition coefficient (Wildman–Crippen LogP) is 2.87. The number of hydrogen-bond acceptors (Lipinski definition) is 7. The molecule has 3 amide bonds. The number of carbonyl (C=O) groups is 3. The number of ether oxygens (including phenoxy) is 2. The van der Waals surface area contributed by atoms with Crippen molar-refractivity contribution in [3.63, 3.8) is 0 Å². The molecule has 2 aliphatic rings. The van der Waals surface area contributed by atoms with E-state index in [1.54, 1.807) is 20.8 Å². The molecule has 1 aromatic heterocycles. The van der Waals surface area contributed by atoms with E-state index in [2.05, 4.69) is 15.6 Å². The van der Waals surface area contributed by atoms with Crippen molar-refractivity contribution in [1.82, 2.24) is 10.3 Å². The molecule has 10 heteroatoms. The van der Waals surface area contributed by atoms with Crippen LogP contribution in [0.4, 0.5) is 20.6 Å². The van der Waals surface area contributed by atoms with Gasteiger partial charge in [0.25, 0.3) is 11.8 Å². The molecule has 168 valence electrons. The van der Waals surface area contributed by atoms with Crippen LogP contribution in [-0.4, -0.2) is 47.2 Å². The van der Waals surface area contributed by atoms with E-state index in [9.17, 15) is 18.8 Å². The average Bonchev–Trinajstić information content (AvgIpc) is 3.18. The number of rotatable bonds is 2. The number of pyridine rings is 1. The third-order valence-electron chi connectivity index (χ3n) is 4.99. The van der Waals surface area contributed by atoms with Crippen LogP contribution in [0, 0.1) is 5.82 Å². The van der Waals surface area contributed by atoms with Crippen LogP contribution in [-0.2, 0) is 9.53 Å². The van der Waals surface area contributed by atoms with E-state index in [1.807, 2.05) is 0 Å². The molecule has 1 spiro atoms. The molecule has 1 saturated heterocycles. The molecule has 1 aromatic carbocycles. The summed E-state index contributed by atoms with van der Waals surface area (Å²) in [5.74, 6) is -1.55. The number of benzene rings is 1. The van der Waals surface area contributed by atoms with Crippen LogP contribution in [0.15, 0.2) is 36.4 Å². The Morgan fingerprint density at radius 2 is 1.94 bits per heavy atom. The minimum Gasteiger partial charge on any atom is -0.458 e. The first-order chi connectivity index (χ1) is 15.1. The second-order valence-electron chi connectivity index (χ2n) is 8.63. The maximum atomic E-state index is 13.2. The number of fused-ring (bicyclic) bond motifs is 1. The Morgan fingerprint density at radius 1 is 1.22 bits per heavy atom. The smallest absolute Gasteiger partial charge is 0.422 e. The number of nitrogens with one attached hydrogen (secondary N) is 2. The summed E-state index contributed by atoms with van der Waals surface area (Å²) in [7, 11) is 0. The lowest BCUT2D eigenvalue weighted by molar-refractivity contribution is -0.133. The first-order valence-corrected chi connectivity index (χ1v) is 10.1. The van der Waals surface area contributed by atoms with Crippen molar-refractivity contribution in [2.24, 2.45) is 0 Å². The van der Waals surface area contributed by atoms with Gasteiger partial charge in [0, 0.05) is 18.7 Å². The number of amides is 3. The van der Waals surface area contributed by atoms with E-state index in [-0.39, 0.29) is 23.8 Å². The lowest BCUT2D eigenvalue weighted by Crippen LogP contribution is -2.59. The molecule has 0 unspecified atom stereocenters. The number of aromatic nitrogens is 1. The van der Waals surface area contributed by atoms with Gasteiger partial charge in [-0.3, -0.25) is 9.59 Å². The van der Waals surface area contributed by atoms with Gasteiger partial charge in [-0.05, 0) is 63.7 Å². The summed E-state index contributed by atoms with van der Waals surface area (Å²) in [4.78, 5) is 44.0. The molecule has 1 fully saturated rings. The van der Waals surface area contributed by atoms with E-state index < -0.39 is 34.9 Å². The van der Waals surface area contributed by atoms with E-state index in [4.69, 9.17) is 9.47 Å². The summed E-state index contributed by atoms with van der Waals surface area (Å²) in [5, 5.41) is 5.68. The predicted molar refractivity (Wildman–Crippen MR) is 113 cm³/mol. The van der Waals surface area contributed by atoms with Crippen molar-refractivity contribution < 1.29 is 28.2 Å². The van der Waals surface area contributed by atoms with Gasteiger partial charge in [-0.15, -0.1) is 0 Å². The number of nitrogens with zero attached hydrogens (tertiary/aromatic N) is 2. The first-order valence-electron chi connectivity index (χ1n) is 10.1. The number of halogens is 1. The van der Waals surface area contributed by atoms with Gasteiger partial charge in [0.05, 0.1) is 0 Å². The van der Waals surface area contributed by atoms with Crippen molar-refractivity contribution in [2.75, 3.05) is 23.3 Å². The third kappa shape index (κ3) is 4.13. The Hall–Kier alpha value is -3.53. The number of imide groups is 1. The van der Waals surface area contributed by atoms with Gasteiger partial charge in [0.1, 0.15) is 22.8 Å². The van der Waals surface area contributed by atoms with Crippen LogP contribution in [0.3, 0.4) is 0 Å². The quantitative estimate of drug-likeness (QED) is 0.736. The summed E-state index contributed by atoms with van der Waals surface area (Å²) in [6.07, 6.45) is -0.512. The lowest BCUT2D eigenvalue weighted by atomic mass is 9.99. The van der Waals surface area contributed by atoms with Crippen molar-refractivity contribution in [3.05, 3.63) is 47.9 Å². The van der Waals surface area contributed by atoms with Gasteiger partial charge in [-0.2, -0.15) is 0 Å². The second-order valence-corrected chi connectivity index (χ2v) is 8.63. The van der Waals surface area contributed by atoms with E-state index >= 15 is 0 Å². The lowest BCUT2D eigenvalue weighted by Gasteiger charge is -2.38. The molecule has 0 bridgehead atoms. The summed E-state index contributed by atoms with van der Waals surface area (Å²) >= 11 is 0. The highest BCUT2D eigenvalue weighted by Crippen LogP contribution is 2.39. The Bertz CT molecular complexity index is 1070. The number of anilines is 2. The molecule has 1 atom stereocenters. The van der Waals surface area contributed by atoms with Crippen molar-refractivity contribution >= 4 is 29.3 Å². The maximum Gasteiger partial charge on any atom is 0.422 e. The highest BCUT2D eigenvalue weighted by molar-refractivity contribution is 6.18. The van der Waals surface area contributed by atoms with E-state index in [1.165, 1.54) is 36.4 Å². The molecule has 2 aliphatic heterocycles. The maximum absolute atomic E-state index is 13.2. The Morgan fingerprint density at radius 3 is 2.56 bits per heavy atom. The van der Waals surface area contributed by atoms with E-state index in [0.717, 1.165) is 4.90 Å². The van der Waals surface area contributed by atoms with Crippen LogP contribution in [0.2, 0.25) is 0 Å². The van der Waals surface area contributed by atoms with Gasteiger partial charge in [0.15, 0.2) is 0 Å². The molecule has 32 heavy (non-hydrogen) atoms. The average molecular weight is 442 g/mol. The van der Waals surface area contributed by atoms with Crippen LogP contribution in [0.1, 0.15) is 37.7 Å². The van der Waals surface area contributed by atoms with Gasteiger partial charge in [-0.25, -0.2) is 19.1 Å². The fourth-order valence-electron chi connectivity index (χ4n) is 3.50. The Kier molecular flexibility index (Phi) is 5.33. The molecule has 9 nitrogen and oxygen atoms in total. The summed E-state index contributed by atoms with van der Waals surface area (Å²) in [6.45, 7) is 5.81. The Labute approximate surface area is 183 Å². The number of hydrogen-bond donors (Lipinski definition) is 2. The fraction of sp³-hybridized carbons (Fsp3) is 0.364. The van der Waals surface area contributed by atoms with Gasteiger partial charge in [0.2, 0.25) is 11.5 Å². The minimum absolute atomic E-state index is 0.00710. The highest BCUT2D eigenvalue weighted by Gasteiger charge is 2.53. The molecule has 4 rings (SSSR count). The monoisotopic (exact) mass is 442 g/mol. The van der Waals surface area contributed by atoms with Crippen LogP contribution in [0.25, 0.3) is 0 Å². The van der Waals surface area contributed by atoms with Crippen molar-refractivity contribution in [3.8, 4) is 5.88 Å². The SMILES string of the molecule is CC(C)(C)OC(=O)N1C(=O)[C@]2(CCNC2)Oc2nc(C(=O)Nc3ccc(F)cc3)ccc21. The molecule has 0 radical (unpaired) electrons. The molecule has 0 aliphatic carbocycles. The minimum atomic E-state index is -1.32. The molecular weight excluding hydrogens is 419 g/mol. The zero-order valence-electron chi connectivity index (χ0n) is 17.9. The normalized spacial score (nSPS) is 20.0. The van der Waals surface area contributed by atoms with Gasteiger partial charge < -0.3 is 20.1 Å². The molecule has 2 aromatic rings. The zero-order chi connectivity index (χ0) is 23.1. The molecule has 3 heterocycles. The largest absolute Gasteiger partial charge is 0.458 e. The molecule has 2 N–H and O–H groups in total.